The first kappa shape index (κ1) is 17.9. The molecule has 1 aliphatic carbocycles. The zero-order chi connectivity index (χ0) is 20.1. The summed E-state index contributed by atoms with van der Waals surface area (Å²) in [7, 11) is 0. The number of para-hydroxylation sites is 1. The molecule has 4 nitrogen and oxygen atoms in total. The third-order valence-electron chi connectivity index (χ3n) is 5.15. The molecule has 0 fully saturated rings. The molecule has 1 aliphatic rings. The zero-order valence-electron chi connectivity index (χ0n) is 15.7. The molecule has 0 atom stereocenters. The summed E-state index contributed by atoms with van der Waals surface area (Å²) in [5.41, 5.74) is 4.51. The number of hydrogen-bond acceptors (Lipinski definition) is 6. The molecule has 1 amide bonds. The first-order valence-electron chi connectivity index (χ1n) is 9.60. The number of carbonyl (C=O) groups is 1. The van der Waals surface area contributed by atoms with Crippen LogP contribution in [0.2, 0.25) is 0 Å². The smallest absolute Gasteiger partial charge is 0.267 e. The van der Waals surface area contributed by atoms with Crippen molar-refractivity contribution in [3.8, 4) is 21.1 Å². The second-order valence-corrected chi connectivity index (χ2v) is 10.3. The number of carbonyl (C=O) groups excluding carboxylic acids is 1. The summed E-state index contributed by atoms with van der Waals surface area (Å²) in [6, 6.07) is 20.3. The number of thiazole rings is 2. The van der Waals surface area contributed by atoms with E-state index in [9.17, 15) is 4.79 Å². The molecule has 6 rings (SSSR count). The average molecular weight is 446 g/mol. The van der Waals surface area contributed by atoms with Crippen molar-refractivity contribution in [3.05, 3.63) is 76.0 Å². The van der Waals surface area contributed by atoms with E-state index in [0.717, 1.165) is 38.6 Å². The number of rotatable bonds is 3. The number of benzene rings is 2. The topological polar surface area (TPSA) is 54.9 Å². The van der Waals surface area contributed by atoms with Crippen LogP contribution in [0.4, 0.5) is 5.13 Å². The second-order valence-electron chi connectivity index (χ2n) is 7.05. The highest BCUT2D eigenvalue weighted by Crippen LogP contribution is 2.39. The molecule has 3 aromatic heterocycles. The van der Waals surface area contributed by atoms with Crippen molar-refractivity contribution >= 4 is 55.3 Å². The van der Waals surface area contributed by atoms with Gasteiger partial charge in [-0.2, -0.15) is 0 Å². The van der Waals surface area contributed by atoms with Gasteiger partial charge in [0.1, 0.15) is 5.01 Å². The van der Waals surface area contributed by atoms with Crippen LogP contribution in [0.5, 0.6) is 0 Å². The molecule has 146 valence electrons. The normalized spacial score (nSPS) is 12.5. The van der Waals surface area contributed by atoms with E-state index in [-0.39, 0.29) is 5.91 Å². The number of hydrogen-bond donors (Lipinski definition) is 1. The van der Waals surface area contributed by atoms with Crippen molar-refractivity contribution in [1.29, 1.82) is 0 Å². The van der Waals surface area contributed by atoms with Gasteiger partial charge in [-0.15, -0.1) is 34.0 Å². The predicted molar refractivity (Wildman–Crippen MR) is 126 cm³/mol. The van der Waals surface area contributed by atoms with Gasteiger partial charge in [-0.25, -0.2) is 9.97 Å². The van der Waals surface area contributed by atoms with Gasteiger partial charge in [0.05, 0.1) is 25.7 Å². The van der Waals surface area contributed by atoms with Crippen molar-refractivity contribution in [2.75, 3.05) is 5.32 Å². The van der Waals surface area contributed by atoms with Gasteiger partial charge in [-0.05, 0) is 42.7 Å². The fourth-order valence-corrected chi connectivity index (χ4v) is 6.61. The summed E-state index contributed by atoms with van der Waals surface area (Å²) in [5, 5.41) is 4.61. The Labute approximate surface area is 184 Å². The van der Waals surface area contributed by atoms with E-state index in [0.29, 0.717) is 10.0 Å². The summed E-state index contributed by atoms with van der Waals surface area (Å²) in [4.78, 5) is 25.2. The SMILES string of the molecule is O=C(Nc1nc2c(s1)CCc1ccccc1-2)c1ccc(-c2nc3ccccc3s2)s1. The van der Waals surface area contributed by atoms with Gasteiger partial charge < -0.3 is 0 Å². The summed E-state index contributed by atoms with van der Waals surface area (Å²) in [6.07, 6.45) is 2.00. The third kappa shape index (κ3) is 3.06. The minimum Gasteiger partial charge on any atom is -0.297 e. The first-order valence-corrected chi connectivity index (χ1v) is 12.0. The predicted octanol–water partition coefficient (Wildman–Crippen LogP) is 6.50. The van der Waals surface area contributed by atoms with Crippen LogP contribution >= 0.6 is 34.0 Å². The van der Waals surface area contributed by atoms with Gasteiger partial charge in [0.25, 0.3) is 5.91 Å². The highest BCUT2D eigenvalue weighted by atomic mass is 32.1. The van der Waals surface area contributed by atoms with Gasteiger partial charge in [-0.1, -0.05) is 36.4 Å². The molecule has 30 heavy (non-hydrogen) atoms. The molecule has 3 heterocycles. The van der Waals surface area contributed by atoms with E-state index in [2.05, 4.69) is 29.6 Å². The van der Waals surface area contributed by atoms with Crippen LogP contribution in [0.15, 0.2) is 60.7 Å². The molecule has 0 aliphatic heterocycles. The number of nitrogens with zero attached hydrogens (tertiary/aromatic N) is 2. The van der Waals surface area contributed by atoms with Gasteiger partial charge in [0.15, 0.2) is 5.13 Å². The molecular formula is C23H15N3OS3. The van der Waals surface area contributed by atoms with Crippen LogP contribution in [0.3, 0.4) is 0 Å². The Hall–Kier alpha value is -2.87. The van der Waals surface area contributed by atoms with Gasteiger partial charge in [-0.3, -0.25) is 10.1 Å². The lowest BCUT2D eigenvalue weighted by molar-refractivity contribution is 0.103. The summed E-state index contributed by atoms with van der Waals surface area (Å²) >= 11 is 4.69. The zero-order valence-corrected chi connectivity index (χ0v) is 18.2. The molecule has 0 bridgehead atoms. The van der Waals surface area contributed by atoms with Crippen LogP contribution in [-0.4, -0.2) is 15.9 Å². The molecule has 2 aromatic carbocycles. The molecule has 0 saturated carbocycles. The van der Waals surface area contributed by atoms with Crippen molar-refractivity contribution in [2.24, 2.45) is 0 Å². The van der Waals surface area contributed by atoms with Crippen molar-refractivity contribution < 1.29 is 4.79 Å². The molecule has 0 saturated heterocycles. The minimum absolute atomic E-state index is 0.119. The average Bonchev–Trinajstić information content (AvgIpc) is 3.50. The summed E-state index contributed by atoms with van der Waals surface area (Å²) in [5.74, 6) is -0.119. The van der Waals surface area contributed by atoms with Crippen molar-refractivity contribution in [1.82, 2.24) is 9.97 Å². The largest absolute Gasteiger partial charge is 0.297 e. The Kier molecular flexibility index (Phi) is 4.26. The molecule has 5 aromatic rings. The van der Waals surface area contributed by atoms with Crippen LogP contribution in [-0.2, 0) is 12.8 Å². The van der Waals surface area contributed by atoms with E-state index in [4.69, 9.17) is 9.97 Å². The molecule has 0 unspecified atom stereocenters. The van der Waals surface area contributed by atoms with E-state index in [1.54, 1.807) is 22.7 Å². The second kappa shape index (κ2) is 7.12. The lowest BCUT2D eigenvalue weighted by Gasteiger charge is -2.13. The van der Waals surface area contributed by atoms with Crippen molar-refractivity contribution in [3.63, 3.8) is 0 Å². The van der Waals surface area contributed by atoms with Gasteiger partial charge >= 0.3 is 0 Å². The lowest BCUT2D eigenvalue weighted by atomic mass is 9.94. The monoisotopic (exact) mass is 445 g/mol. The third-order valence-corrected chi connectivity index (χ3v) is 8.47. The number of aromatic nitrogens is 2. The van der Waals surface area contributed by atoms with E-state index in [1.165, 1.54) is 27.3 Å². The van der Waals surface area contributed by atoms with E-state index >= 15 is 0 Å². The molecule has 1 N–H and O–H groups in total. The van der Waals surface area contributed by atoms with Gasteiger partial charge in [0, 0.05) is 10.4 Å². The highest BCUT2D eigenvalue weighted by Gasteiger charge is 2.22. The molecule has 0 spiro atoms. The fourth-order valence-electron chi connectivity index (χ4n) is 3.71. The number of fused-ring (bicyclic) bond motifs is 4. The Morgan fingerprint density at radius 1 is 0.867 bits per heavy atom. The number of amides is 1. The standard InChI is InChI=1S/C23H15N3OS3/c27-21(18-11-12-19(28-18)22-24-15-7-3-4-8-16(15)29-22)26-23-25-20-14-6-2-1-5-13(14)9-10-17(20)30-23/h1-8,11-12H,9-10H2,(H,25,26,27). The number of nitrogens with one attached hydrogen (secondary N) is 1. The Bertz CT molecular complexity index is 1380. The molecular weight excluding hydrogens is 430 g/mol. The quantitative estimate of drug-likeness (QED) is 0.345. The Balaban J connectivity index is 1.25. The van der Waals surface area contributed by atoms with Gasteiger partial charge in [0.2, 0.25) is 0 Å². The minimum atomic E-state index is -0.119. The van der Waals surface area contributed by atoms with Crippen LogP contribution in [0.1, 0.15) is 20.1 Å². The number of aryl methyl sites for hydroxylation is 2. The van der Waals surface area contributed by atoms with E-state index < -0.39 is 0 Å². The Morgan fingerprint density at radius 3 is 2.67 bits per heavy atom. The van der Waals surface area contributed by atoms with Crippen LogP contribution in [0, 0.1) is 0 Å². The Morgan fingerprint density at radius 2 is 1.73 bits per heavy atom. The highest BCUT2D eigenvalue weighted by molar-refractivity contribution is 7.26. The summed E-state index contributed by atoms with van der Waals surface area (Å²) in [6.45, 7) is 0. The number of anilines is 1. The van der Waals surface area contributed by atoms with Crippen LogP contribution in [0.25, 0.3) is 31.4 Å². The number of thiophene rings is 1. The fraction of sp³-hybridized carbons (Fsp3) is 0.0870. The maximum atomic E-state index is 12.8. The van der Waals surface area contributed by atoms with Crippen LogP contribution < -0.4 is 5.32 Å². The maximum absolute atomic E-state index is 12.8. The lowest BCUT2D eigenvalue weighted by Crippen LogP contribution is -2.09. The molecule has 7 heteroatoms. The summed E-state index contributed by atoms with van der Waals surface area (Å²) < 4.78 is 1.15. The maximum Gasteiger partial charge on any atom is 0.267 e. The van der Waals surface area contributed by atoms with Crippen molar-refractivity contribution in [2.45, 2.75) is 12.8 Å². The first-order chi connectivity index (χ1) is 14.7. The molecule has 0 radical (unpaired) electrons. The van der Waals surface area contributed by atoms with E-state index in [1.807, 2.05) is 36.4 Å².